The summed E-state index contributed by atoms with van der Waals surface area (Å²) in [5, 5.41) is 7.38. The Bertz CT molecular complexity index is 500. The van der Waals surface area contributed by atoms with Gasteiger partial charge in [-0.15, -0.1) is 0 Å². The van der Waals surface area contributed by atoms with E-state index < -0.39 is 16.1 Å². The zero-order chi connectivity index (χ0) is 14.3. The molecule has 0 aliphatic carbocycles. The van der Waals surface area contributed by atoms with Crippen molar-refractivity contribution in [1.82, 2.24) is 4.72 Å². The Hall–Kier alpha value is -1.40. The summed E-state index contributed by atoms with van der Waals surface area (Å²) in [5.41, 5.74) is 6.37. The van der Waals surface area contributed by atoms with Crippen LogP contribution in [0.5, 0.6) is 0 Å². The van der Waals surface area contributed by atoms with Gasteiger partial charge in [-0.3, -0.25) is 5.41 Å². The van der Waals surface area contributed by atoms with E-state index in [-0.39, 0.29) is 11.6 Å². The SMILES string of the molecule is CCCC(NS(=O)(=O)CCc1ccccc1)C(=N)N. The van der Waals surface area contributed by atoms with E-state index >= 15 is 0 Å². The van der Waals surface area contributed by atoms with Gasteiger partial charge in [0.2, 0.25) is 10.0 Å². The number of benzene rings is 1. The number of hydrogen-bond acceptors (Lipinski definition) is 3. The Balaban J connectivity index is 2.58. The van der Waals surface area contributed by atoms with Crippen LogP contribution in [0.3, 0.4) is 0 Å². The van der Waals surface area contributed by atoms with E-state index in [0.717, 1.165) is 12.0 Å². The van der Waals surface area contributed by atoms with Gasteiger partial charge >= 0.3 is 0 Å². The maximum Gasteiger partial charge on any atom is 0.212 e. The van der Waals surface area contributed by atoms with E-state index in [1.807, 2.05) is 37.3 Å². The van der Waals surface area contributed by atoms with Crippen molar-refractivity contribution in [3.8, 4) is 0 Å². The fourth-order valence-electron chi connectivity index (χ4n) is 1.74. The van der Waals surface area contributed by atoms with Crippen molar-refractivity contribution in [2.24, 2.45) is 5.73 Å². The van der Waals surface area contributed by atoms with E-state index in [1.165, 1.54) is 0 Å². The molecule has 5 nitrogen and oxygen atoms in total. The van der Waals surface area contributed by atoms with Crippen molar-refractivity contribution in [1.29, 1.82) is 5.41 Å². The average Bonchev–Trinajstić information content (AvgIpc) is 2.37. The molecular weight excluding hydrogens is 262 g/mol. The lowest BCUT2D eigenvalue weighted by Crippen LogP contribution is -2.44. The Morgan fingerprint density at radius 2 is 2.00 bits per heavy atom. The van der Waals surface area contributed by atoms with Crippen molar-refractivity contribution < 1.29 is 8.42 Å². The maximum atomic E-state index is 11.9. The van der Waals surface area contributed by atoms with Crippen molar-refractivity contribution in [3.63, 3.8) is 0 Å². The molecule has 6 heteroatoms. The largest absolute Gasteiger partial charge is 0.386 e. The molecule has 0 amide bonds. The van der Waals surface area contributed by atoms with Crippen LogP contribution in [0.15, 0.2) is 30.3 Å². The molecule has 1 aromatic rings. The summed E-state index contributed by atoms with van der Waals surface area (Å²) in [6.07, 6.45) is 1.76. The van der Waals surface area contributed by atoms with Crippen molar-refractivity contribution >= 4 is 15.9 Å². The molecule has 1 unspecified atom stereocenters. The third-order valence-corrected chi connectivity index (χ3v) is 4.16. The fourth-order valence-corrected chi connectivity index (χ4v) is 3.04. The zero-order valence-corrected chi connectivity index (χ0v) is 11.9. The first-order valence-corrected chi connectivity index (χ1v) is 7.97. The average molecular weight is 283 g/mol. The highest BCUT2D eigenvalue weighted by molar-refractivity contribution is 7.89. The zero-order valence-electron chi connectivity index (χ0n) is 11.1. The molecule has 0 aliphatic heterocycles. The number of aryl methyl sites for hydroxylation is 1. The highest BCUT2D eigenvalue weighted by Gasteiger charge is 2.19. The molecule has 19 heavy (non-hydrogen) atoms. The summed E-state index contributed by atoms with van der Waals surface area (Å²) in [6, 6.07) is 8.85. The lowest BCUT2D eigenvalue weighted by atomic mass is 10.2. The second-order valence-corrected chi connectivity index (χ2v) is 6.34. The van der Waals surface area contributed by atoms with Crippen LogP contribution in [0.2, 0.25) is 0 Å². The number of hydrogen-bond donors (Lipinski definition) is 3. The predicted octanol–water partition coefficient (Wildman–Crippen LogP) is 1.25. The summed E-state index contributed by atoms with van der Waals surface area (Å²) in [5.74, 6) is -0.130. The summed E-state index contributed by atoms with van der Waals surface area (Å²) in [6.45, 7) is 1.92. The maximum absolute atomic E-state index is 11.9. The first-order valence-electron chi connectivity index (χ1n) is 6.32. The normalized spacial score (nSPS) is 13.1. The van der Waals surface area contributed by atoms with Gasteiger partial charge in [-0.05, 0) is 18.4 Å². The molecule has 0 saturated carbocycles. The van der Waals surface area contributed by atoms with Gasteiger partial charge in [0.05, 0.1) is 11.8 Å². The minimum atomic E-state index is -3.42. The van der Waals surface area contributed by atoms with Gasteiger partial charge in [-0.1, -0.05) is 43.7 Å². The number of rotatable bonds is 8. The van der Waals surface area contributed by atoms with Crippen LogP contribution in [-0.2, 0) is 16.4 Å². The molecule has 1 rings (SSSR count). The lowest BCUT2D eigenvalue weighted by molar-refractivity contribution is 0.565. The van der Waals surface area contributed by atoms with Crippen LogP contribution in [-0.4, -0.2) is 26.0 Å². The molecule has 0 radical (unpaired) electrons. The van der Waals surface area contributed by atoms with Gasteiger partial charge in [-0.25, -0.2) is 13.1 Å². The highest BCUT2D eigenvalue weighted by Crippen LogP contribution is 2.04. The standard InChI is InChI=1S/C13H21N3O2S/c1-2-6-12(13(14)15)16-19(17,18)10-9-11-7-4-3-5-8-11/h3-5,7-8,12,16H,2,6,9-10H2,1H3,(H3,14,15). The molecule has 1 atom stereocenters. The van der Waals surface area contributed by atoms with Crippen LogP contribution in [0.1, 0.15) is 25.3 Å². The van der Waals surface area contributed by atoms with Crippen LogP contribution >= 0.6 is 0 Å². The first-order chi connectivity index (χ1) is 8.94. The second kappa shape index (κ2) is 7.25. The van der Waals surface area contributed by atoms with Gasteiger partial charge in [0.1, 0.15) is 5.84 Å². The lowest BCUT2D eigenvalue weighted by Gasteiger charge is -2.16. The molecule has 0 aliphatic rings. The Morgan fingerprint density at radius 3 is 2.53 bits per heavy atom. The van der Waals surface area contributed by atoms with Gasteiger partial charge < -0.3 is 5.73 Å². The molecule has 0 aromatic heterocycles. The van der Waals surface area contributed by atoms with Crippen LogP contribution in [0.25, 0.3) is 0 Å². The Labute approximate surface area is 114 Å². The number of nitrogens with two attached hydrogens (primary N) is 1. The topological polar surface area (TPSA) is 96.0 Å². The molecule has 4 N–H and O–H groups in total. The summed E-state index contributed by atoms with van der Waals surface area (Å²) >= 11 is 0. The van der Waals surface area contributed by atoms with Crippen LogP contribution < -0.4 is 10.5 Å². The van der Waals surface area contributed by atoms with E-state index in [9.17, 15) is 8.42 Å². The Morgan fingerprint density at radius 1 is 1.37 bits per heavy atom. The number of amidine groups is 1. The van der Waals surface area contributed by atoms with Crippen LogP contribution in [0, 0.1) is 5.41 Å². The highest BCUT2D eigenvalue weighted by atomic mass is 32.2. The minimum Gasteiger partial charge on any atom is -0.386 e. The van der Waals surface area contributed by atoms with E-state index in [1.54, 1.807) is 0 Å². The van der Waals surface area contributed by atoms with Crippen molar-refractivity contribution in [2.45, 2.75) is 32.2 Å². The molecule has 106 valence electrons. The molecule has 1 aromatic carbocycles. The van der Waals surface area contributed by atoms with Crippen molar-refractivity contribution in [2.75, 3.05) is 5.75 Å². The third kappa shape index (κ3) is 5.85. The molecule has 0 saturated heterocycles. The van der Waals surface area contributed by atoms with E-state index in [4.69, 9.17) is 11.1 Å². The molecule has 0 heterocycles. The Kier molecular flexibility index (Phi) is 5.98. The quantitative estimate of drug-likeness (QED) is 0.495. The predicted molar refractivity (Wildman–Crippen MR) is 77.7 cm³/mol. The molecule has 0 spiro atoms. The second-order valence-electron chi connectivity index (χ2n) is 4.47. The fraction of sp³-hybridized carbons (Fsp3) is 0.462. The van der Waals surface area contributed by atoms with E-state index in [0.29, 0.717) is 12.8 Å². The first kappa shape index (κ1) is 15.7. The smallest absolute Gasteiger partial charge is 0.212 e. The van der Waals surface area contributed by atoms with Gasteiger partial charge in [0.25, 0.3) is 0 Å². The monoisotopic (exact) mass is 283 g/mol. The van der Waals surface area contributed by atoms with Gasteiger partial charge in [0.15, 0.2) is 0 Å². The summed E-state index contributed by atoms with van der Waals surface area (Å²) in [7, 11) is -3.42. The molecule has 0 fully saturated rings. The number of nitrogens with one attached hydrogen (secondary N) is 2. The van der Waals surface area contributed by atoms with E-state index in [2.05, 4.69) is 4.72 Å². The van der Waals surface area contributed by atoms with Gasteiger partial charge in [-0.2, -0.15) is 0 Å². The molecular formula is C13H21N3O2S. The van der Waals surface area contributed by atoms with Crippen molar-refractivity contribution in [3.05, 3.63) is 35.9 Å². The third-order valence-electron chi connectivity index (χ3n) is 2.78. The summed E-state index contributed by atoms with van der Waals surface area (Å²) in [4.78, 5) is 0. The van der Waals surface area contributed by atoms with Crippen LogP contribution in [0.4, 0.5) is 0 Å². The minimum absolute atomic E-state index is 0.00447. The summed E-state index contributed by atoms with van der Waals surface area (Å²) < 4.78 is 26.3. The number of sulfonamides is 1. The molecule has 0 bridgehead atoms. The van der Waals surface area contributed by atoms with Gasteiger partial charge in [0, 0.05) is 0 Å².